The van der Waals surface area contributed by atoms with E-state index in [4.69, 9.17) is 19.5 Å². The number of methoxy groups -OCH3 is 1. The number of nitrogens with one attached hydrogen (secondary N) is 2. The Kier molecular flexibility index (Phi) is 7.76. The Morgan fingerprint density at radius 2 is 2.03 bits per heavy atom. The Morgan fingerprint density at radius 1 is 1.35 bits per heavy atom. The van der Waals surface area contributed by atoms with E-state index in [-0.39, 0.29) is 5.75 Å². The first-order chi connectivity index (χ1) is 16.0. The summed E-state index contributed by atoms with van der Waals surface area (Å²) >= 11 is 0. The minimum absolute atomic E-state index is 0.199. The van der Waals surface area contributed by atoms with Crippen LogP contribution in [0, 0.1) is 0 Å². The third-order valence-corrected chi connectivity index (χ3v) is 6.86. The van der Waals surface area contributed by atoms with Crippen molar-refractivity contribution >= 4 is 13.7 Å². The SMILES string of the molecule is COC(=O)[C@H](C)N[P@@](=O)(OC[C@H]1O[C@@H](n2ccc(=O)[nH]c2=O)[C@](C)(N)[C@@H]1O)Oc1ccccc1. The fourth-order valence-electron chi connectivity index (χ4n) is 3.39. The number of aromatic amines is 1. The Labute approximate surface area is 194 Å². The summed E-state index contributed by atoms with van der Waals surface area (Å²) in [5.74, 6) is -0.505. The molecule has 34 heavy (non-hydrogen) atoms. The minimum Gasteiger partial charge on any atom is -0.468 e. The molecule has 0 saturated carbocycles. The average Bonchev–Trinajstić information content (AvgIpc) is 3.01. The van der Waals surface area contributed by atoms with E-state index < -0.39 is 61.6 Å². The van der Waals surface area contributed by atoms with Gasteiger partial charge in [-0.25, -0.2) is 9.36 Å². The number of ether oxygens (including phenoxy) is 2. The van der Waals surface area contributed by atoms with Crippen LogP contribution in [0.25, 0.3) is 0 Å². The predicted octanol–water partition coefficient (Wildman–Crippen LogP) is -0.133. The van der Waals surface area contributed by atoms with E-state index in [1.165, 1.54) is 39.3 Å². The number of hydrogen-bond donors (Lipinski definition) is 4. The van der Waals surface area contributed by atoms with Gasteiger partial charge in [0.25, 0.3) is 5.56 Å². The lowest BCUT2D eigenvalue weighted by Crippen LogP contribution is -2.53. The van der Waals surface area contributed by atoms with Crippen LogP contribution in [0.15, 0.2) is 52.2 Å². The lowest BCUT2D eigenvalue weighted by atomic mass is 9.93. The van der Waals surface area contributed by atoms with Gasteiger partial charge in [-0.1, -0.05) is 18.2 Å². The summed E-state index contributed by atoms with van der Waals surface area (Å²) in [6.45, 7) is 2.39. The van der Waals surface area contributed by atoms with Gasteiger partial charge in [-0.15, -0.1) is 0 Å². The summed E-state index contributed by atoms with van der Waals surface area (Å²) < 4.78 is 35.9. The molecule has 3 rings (SSSR count). The summed E-state index contributed by atoms with van der Waals surface area (Å²) in [6.07, 6.45) is -2.48. The topological polar surface area (TPSA) is 184 Å². The highest BCUT2D eigenvalue weighted by molar-refractivity contribution is 7.52. The maximum Gasteiger partial charge on any atom is 0.459 e. The number of rotatable bonds is 9. The number of carbonyl (C=O) groups excluding carboxylic acids is 1. The molecule has 14 heteroatoms. The smallest absolute Gasteiger partial charge is 0.459 e. The largest absolute Gasteiger partial charge is 0.468 e. The van der Waals surface area contributed by atoms with Gasteiger partial charge in [0, 0.05) is 12.3 Å². The number of carbonyl (C=O) groups is 1. The predicted molar refractivity (Wildman–Crippen MR) is 119 cm³/mol. The number of esters is 1. The van der Waals surface area contributed by atoms with Gasteiger partial charge in [0.1, 0.15) is 24.0 Å². The molecule has 2 aromatic rings. The molecule has 1 aliphatic rings. The van der Waals surface area contributed by atoms with Crippen molar-refractivity contribution in [1.29, 1.82) is 0 Å². The second-order valence-electron chi connectivity index (χ2n) is 7.93. The molecule has 0 unspecified atom stereocenters. The number of aliphatic hydroxyl groups excluding tert-OH is 1. The van der Waals surface area contributed by atoms with Crippen molar-refractivity contribution in [3.05, 3.63) is 63.4 Å². The Hall–Kier alpha value is -2.80. The molecule has 0 amide bonds. The lowest BCUT2D eigenvalue weighted by Gasteiger charge is -2.28. The molecule has 1 aromatic carbocycles. The van der Waals surface area contributed by atoms with Crippen LogP contribution < -0.4 is 26.6 Å². The molecule has 6 atom stereocenters. The summed E-state index contributed by atoms with van der Waals surface area (Å²) in [5, 5.41) is 13.2. The second-order valence-corrected chi connectivity index (χ2v) is 9.62. The maximum atomic E-state index is 13.5. The molecular formula is C20H27N4O9P. The number of hydrogen-bond acceptors (Lipinski definition) is 10. The molecule has 186 valence electrons. The van der Waals surface area contributed by atoms with Crippen LogP contribution in [0.2, 0.25) is 0 Å². The third kappa shape index (κ3) is 5.63. The van der Waals surface area contributed by atoms with Crippen LogP contribution in [-0.2, 0) is 23.4 Å². The van der Waals surface area contributed by atoms with Crippen LogP contribution in [-0.4, -0.2) is 58.1 Å². The summed E-state index contributed by atoms with van der Waals surface area (Å²) in [5.41, 5.74) is 3.37. The van der Waals surface area contributed by atoms with Crippen molar-refractivity contribution in [3.63, 3.8) is 0 Å². The zero-order chi connectivity index (χ0) is 25.1. The van der Waals surface area contributed by atoms with Crippen LogP contribution in [0.4, 0.5) is 0 Å². The number of aromatic nitrogens is 2. The van der Waals surface area contributed by atoms with E-state index in [1.807, 2.05) is 0 Å². The van der Waals surface area contributed by atoms with Gasteiger partial charge in [-0.3, -0.25) is 23.7 Å². The van der Waals surface area contributed by atoms with Crippen molar-refractivity contribution in [1.82, 2.24) is 14.6 Å². The molecule has 1 aliphatic heterocycles. The highest BCUT2D eigenvalue weighted by atomic mass is 31.2. The zero-order valence-corrected chi connectivity index (χ0v) is 19.6. The molecule has 13 nitrogen and oxygen atoms in total. The Bertz CT molecular complexity index is 1170. The fourth-order valence-corrected chi connectivity index (χ4v) is 4.89. The third-order valence-electron chi connectivity index (χ3n) is 5.21. The fraction of sp³-hybridized carbons (Fsp3) is 0.450. The number of para-hydroxylation sites is 1. The van der Waals surface area contributed by atoms with Crippen molar-refractivity contribution in [2.24, 2.45) is 5.73 Å². The quantitative estimate of drug-likeness (QED) is 0.267. The number of benzene rings is 1. The summed E-state index contributed by atoms with van der Waals surface area (Å²) in [6, 6.07) is 8.16. The molecule has 0 bridgehead atoms. The first kappa shape index (κ1) is 25.8. The normalized spacial score (nSPS) is 27.0. The van der Waals surface area contributed by atoms with Crippen molar-refractivity contribution in [2.75, 3.05) is 13.7 Å². The molecule has 0 aliphatic carbocycles. The van der Waals surface area contributed by atoms with E-state index in [0.717, 1.165) is 10.6 Å². The van der Waals surface area contributed by atoms with Gasteiger partial charge in [0.15, 0.2) is 6.23 Å². The average molecular weight is 498 g/mol. The molecule has 2 heterocycles. The van der Waals surface area contributed by atoms with E-state index >= 15 is 0 Å². The van der Waals surface area contributed by atoms with Gasteiger partial charge in [0.2, 0.25) is 0 Å². The number of aliphatic hydroxyl groups is 1. The van der Waals surface area contributed by atoms with Crippen LogP contribution >= 0.6 is 7.75 Å². The van der Waals surface area contributed by atoms with Crippen LogP contribution in [0.3, 0.4) is 0 Å². The van der Waals surface area contributed by atoms with Gasteiger partial charge in [-0.2, -0.15) is 5.09 Å². The van der Waals surface area contributed by atoms with Crippen molar-refractivity contribution < 1.29 is 33.0 Å². The summed E-state index contributed by atoms with van der Waals surface area (Å²) in [4.78, 5) is 37.5. The molecule has 5 N–H and O–H groups in total. The molecule has 0 spiro atoms. The molecule has 1 saturated heterocycles. The van der Waals surface area contributed by atoms with Gasteiger partial charge >= 0.3 is 19.4 Å². The Morgan fingerprint density at radius 3 is 2.65 bits per heavy atom. The van der Waals surface area contributed by atoms with Crippen molar-refractivity contribution in [2.45, 2.75) is 43.9 Å². The van der Waals surface area contributed by atoms with E-state index in [2.05, 4.69) is 14.8 Å². The second kappa shape index (κ2) is 10.2. The monoisotopic (exact) mass is 498 g/mol. The minimum atomic E-state index is -4.19. The molecule has 0 radical (unpaired) electrons. The number of nitrogens with zero attached hydrogens (tertiary/aromatic N) is 1. The van der Waals surface area contributed by atoms with E-state index in [9.17, 15) is 24.1 Å². The van der Waals surface area contributed by atoms with Crippen molar-refractivity contribution in [3.8, 4) is 5.75 Å². The highest BCUT2D eigenvalue weighted by Gasteiger charge is 2.52. The first-order valence-electron chi connectivity index (χ1n) is 10.3. The zero-order valence-electron chi connectivity index (χ0n) is 18.7. The number of H-pyrrole nitrogens is 1. The van der Waals surface area contributed by atoms with Gasteiger partial charge in [0.05, 0.1) is 19.3 Å². The Balaban J connectivity index is 1.80. The first-order valence-corrected chi connectivity index (χ1v) is 11.8. The standard InChI is InChI=1S/C20H27N4O9P/c1-12(17(27)30-3)23-34(29,33-13-7-5-4-6-8-13)31-11-14-16(26)20(2,21)18(32-14)24-10-9-15(25)22-19(24)28/h4-10,12,14,16,18,26H,11,21H2,1-3H3,(H,23,29)(H,22,25,28)/t12-,14+,16+,18+,20+,34+/m0/s1. The summed E-state index contributed by atoms with van der Waals surface area (Å²) in [7, 11) is -3.02. The van der Waals surface area contributed by atoms with E-state index in [1.54, 1.807) is 18.2 Å². The molecule has 1 aromatic heterocycles. The van der Waals surface area contributed by atoms with Gasteiger partial charge < -0.3 is 24.8 Å². The van der Waals surface area contributed by atoms with Crippen LogP contribution in [0.5, 0.6) is 5.75 Å². The molecule has 1 fully saturated rings. The highest BCUT2D eigenvalue weighted by Crippen LogP contribution is 2.46. The maximum absolute atomic E-state index is 13.5. The number of nitrogens with two attached hydrogens (primary N) is 1. The van der Waals surface area contributed by atoms with Crippen LogP contribution in [0.1, 0.15) is 20.1 Å². The van der Waals surface area contributed by atoms with Gasteiger partial charge in [-0.05, 0) is 26.0 Å². The van der Waals surface area contributed by atoms with E-state index in [0.29, 0.717) is 0 Å². The lowest BCUT2D eigenvalue weighted by molar-refractivity contribution is -0.142. The molecular weight excluding hydrogens is 471 g/mol.